The van der Waals surface area contributed by atoms with Gasteiger partial charge in [0.25, 0.3) is 0 Å². The first kappa shape index (κ1) is 26.7. The minimum absolute atomic E-state index is 0.0666. The van der Waals surface area contributed by atoms with E-state index in [1.54, 1.807) is 6.07 Å². The van der Waals surface area contributed by atoms with Gasteiger partial charge in [0.2, 0.25) is 0 Å². The number of benzene rings is 3. The molecule has 4 rings (SSSR count). The predicted octanol–water partition coefficient (Wildman–Crippen LogP) is 6.76. The zero-order chi connectivity index (χ0) is 25.4. The summed E-state index contributed by atoms with van der Waals surface area (Å²) in [6, 6.07) is 24.6. The number of ether oxygens (including phenoxy) is 1. The maximum absolute atomic E-state index is 13.5. The second-order valence-electron chi connectivity index (χ2n) is 9.22. The predicted molar refractivity (Wildman–Crippen MR) is 138 cm³/mol. The Kier molecular flexibility index (Phi) is 9.43. The topological polar surface area (TPSA) is 24.5 Å². The summed E-state index contributed by atoms with van der Waals surface area (Å²) < 4.78 is 46.5. The van der Waals surface area contributed by atoms with Gasteiger partial charge >= 0.3 is 6.18 Å². The highest BCUT2D eigenvalue weighted by atomic mass is 35.5. The van der Waals surface area contributed by atoms with E-state index < -0.39 is 11.7 Å². The van der Waals surface area contributed by atoms with Crippen molar-refractivity contribution in [1.29, 1.82) is 0 Å². The van der Waals surface area contributed by atoms with Gasteiger partial charge in [-0.2, -0.15) is 13.2 Å². The molecule has 1 N–H and O–H groups in total. The van der Waals surface area contributed by atoms with Crippen LogP contribution in [0.2, 0.25) is 5.02 Å². The van der Waals surface area contributed by atoms with E-state index in [9.17, 15) is 13.2 Å². The molecule has 1 unspecified atom stereocenters. The van der Waals surface area contributed by atoms with Crippen LogP contribution in [0.1, 0.15) is 41.0 Å². The molecule has 3 aromatic carbocycles. The molecule has 3 aromatic rings. The molecular weight excluding hydrogens is 485 g/mol. The summed E-state index contributed by atoms with van der Waals surface area (Å²) in [5.41, 5.74) is 2.02. The van der Waals surface area contributed by atoms with E-state index in [1.165, 1.54) is 6.07 Å². The molecule has 0 amide bonds. The van der Waals surface area contributed by atoms with Gasteiger partial charge in [-0.1, -0.05) is 84.4 Å². The first-order chi connectivity index (χ1) is 17.4. The van der Waals surface area contributed by atoms with Crippen molar-refractivity contribution in [3.63, 3.8) is 0 Å². The Bertz CT molecular complexity index is 1030. The number of nitrogens with one attached hydrogen (secondary N) is 1. The lowest BCUT2D eigenvalue weighted by Gasteiger charge is -2.29. The molecule has 0 aliphatic carbocycles. The van der Waals surface area contributed by atoms with Crippen LogP contribution in [-0.4, -0.2) is 43.8 Å². The van der Waals surface area contributed by atoms with E-state index in [0.717, 1.165) is 43.1 Å². The molecule has 192 valence electrons. The summed E-state index contributed by atoms with van der Waals surface area (Å²) in [6.07, 6.45) is -2.47. The maximum atomic E-state index is 13.5. The molecule has 1 atom stereocenters. The smallest absolute Gasteiger partial charge is 0.377 e. The third-order valence-corrected chi connectivity index (χ3v) is 7.06. The molecule has 0 aromatic heterocycles. The molecule has 0 bridgehead atoms. The van der Waals surface area contributed by atoms with Crippen molar-refractivity contribution in [2.45, 2.75) is 37.6 Å². The van der Waals surface area contributed by atoms with Gasteiger partial charge in [-0.05, 0) is 42.1 Å². The normalized spacial score (nSPS) is 16.2. The number of halogens is 4. The van der Waals surface area contributed by atoms with Crippen LogP contribution in [0.25, 0.3) is 0 Å². The molecule has 1 aliphatic rings. The Morgan fingerprint density at radius 3 is 2.19 bits per heavy atom. The molecule has 0 saturated carbocycles. The zero-order valence-corrected chi connectivity index (χ0v) is 20.9. The molecule has 3 nitrogen and oxygen atoms in total. The Balaban J connectivity index is 1.55. The van der Waals surface area contributed by atoms with E-state index >= 15 is 0 Å². The highest BCUT2D eigenvalue weighted by molar-refractivity contribution is 6.32. The average Bonchev–Trinajstić information content (AvgIpc) is 3.40. The molecule has 36 heavy (non-hydrogen) atoms. The van der Waals surface area contributed by atoms with E-state index in [4.69, 9.17) is 16.3 Å². The second kappa shape index (κ2) is 12.7. The fourth-order valence-electron chi connectivity index (χ4n) is 4.74. The van der Waals surface area contributed by atoms with Crippen LogP contribution in [0, 0.1) is 0 Å². The lowest BCUT2D eigenvalue weighted by Crippen LogP contribution is -2.31. The summed E-state index contributed by atoms with van der Waals surface area (Å²) in [6.45, 7) is 4.10. The number of rotatable bonds is 11. The largest absolute Gasteiger partial charge is 0.417 e. The third-order valence-electron chi connectivity index (χ3n) is 6.61. The van der Waals surface area contributed by atoms with Gasteiger partial charge in [0.15, 0.2) is 0 Å². The van der Waals surface area contributed by atoms with Gasteiger partial charge in [-0.3, -0.25) is 4.90 Å². The number of hydrogen-bond acceptors (Lipinski definition) is 3. The van der Waals surface area contributed by atoms with Crippen molar-refractivity contribution in [2.24, 2.45) is 0 Å². The quantitative estimate of drug-likeness (QED) is 0.285. The molecule has 1 saturated heterocycles. The van der Waals surface area contributed by atoms with Crippen molar-refractivity contribution in [2.75, 3.05) is 32.8 Å². The Labute approximate surface area is 216 Å². The highest BCUT2D eigenvalue weighted by Crippen LogP contribution is 2.37. The van der Waals surface area contributed by atoms with Gasteiger partial charge in [0.05, 0.1) is 16.7 Å². The summed E-state index contributed by atoms with van der Waals surface area (Å²) in [5, 5.41) is 3.08. The number of alkyl halides is 3. The summed E-state index contributed by atoms with van der Waals surface area (Å²) in [7, 11) is 0. The second-order valence-corrected chi connectivity index (χ2v) is 9.60. The van der Waals surface area contributed by atoms with Crippen LogP contribution in [0.5, 0.6) is 0 Å². The molecule has 1 heterocycles. The first-order valence-electron chi connectivity index (χ1n) is 12.4. The average molecular weight is 517 g/mol. The summed E-state index contributed by atoms with van der Waals surface area (Å²) >= 11 is 6.28. The molecule has 0 radical (unpaired) electrons. The summed E-state index contributed by atoms with van der Waals surface area (Å²) in [5.74, 6) is 0.0666. The zero-order valence-electron chi connectivity index (χ0n) is 20.2. The minimum atomic E-state index is -4.49. The van der Waals surface area contributed by atoms with Crippen molar-refractivity contribution < 1.29 is 17.9 Å². The van der Waals surface area contributed by atoms with Crippen molar-refractivity contribution in [1.82, 2.24) is 10.2 Å². The summed E-state index contributed by atoms with van der Waals surface area (Å²) in [4.78, 5) is 2.20. The van der Waals surface area contributed by atoms with Crippen LogP contribution in [-0.2, 0) is 17.5 Å². The SMILES string of the molecule is FC(F)(F)c1cccc(CN(CCCOC2CCNC2)CC(c2ccccc2)c2ccccc2)c1Cl. The first-order valence-corrected chi connectivity index (χ1v) is 12.8. The molecule has 1 fully saturated rings. The standard InChI is InChI=1S/C29H32ClF3N2O/c30-28-24(13-7-14-27(28)29(31,32)33)20-35(17-8-18-36-25-15-16-34-19-25)21-26(22-9-3-1-4-10-22)23-11-5-2-6-12-23/h1-7,9-14,25-26,34H,8,15-21H2. The Morgan fingerprint density at radius 2 is 1.61 bits per heavy atom. The fraction of sp³-hybridized carbons (Fsp3) is 0.379. The molecule has 1 aliphatic heterocycles. The van der Waals surface area contributed by atoms with E-state index in [1.807, 2.05) is 36.4 Å². The maximum Gasteiger partial charge on any atom is 0.417 e. The van der Waals surface area contributed by atoms with Gasteiger partial charge < -0.3 is 10.1 Å². The van der Waals surface area contributed by atoms with Crippen molar-refractivity contribution in [3.8, 4) is 0 Å². The lowest BCUT2D eigenvalue weighted by atomic mass is 9.90. The van der Waals surface area contributed by atoms with Gasteiger partial charge in [0.1, 0.15) is 0 Å². The fourth-order valence-corrected chi connectivity index (χ4v) is 5.03. The highest BCUT2D eigenvalue weighted by Gasteiger charge is 2.34. The third kappa shape index (κ3) is 7.32. The van der Waals surface area contributed by atoms with Crippen molar-refractivity contribution in [3.05, 3.63) is 106 Å². The van der Waals surface area contributed by atoms with E-state index in [-0.39, 0.29) is 17.0 Å². The van der Waals surface area contributed by atoms with Gasteiger partial charge in [-0.25, -0.2) is 0 Å². The van der Waals surface area contributed by atoms with Crippen molar-refractivity contribution >= 4 is 11.6 Å². The van der Waals surface area contributed by atoms with Crippen LogP contribution >= 0.6 is 11.6 Å². The minimum Gasteiger partial charge on any atom is -0.377 e. The lowest BCUT2D eigenvalue weighted by molar-refractivity contribution is -0.137. The van der Waals surface area contributed by atoms with Gasteiger partial charge in [-0.15, -0.1) is 0 Å². The van der Waals surface area contributed by atoms with E-state index in [0.29, 0.717) is 31.8 Å². The van der Waals surface area contributed by atoms with Crippen LogP contribution in [0.15, 0.2) is 78.9 Å². The number of hydrogen-bond donors (Lipinski definition) is 1. The van der Waals surface area contributed by atoms with E-state index in [2.05, 4.69) is 34.5 Å². The molecule has 0 spiro atoms. The molecule has 7 heteroatoms. The monoisotopic (exact) mass is 516 g/mol. The number of nitrogens with zero attached hydrogens (tertiary/aromatic N) is 1. The van der Waals surface area contributed by atoms with Gasteiger partial charge in [0, 0.05) is 38.7 Å². The van der Waals surface area contributed by atoms with Crippen LogP contribution in [0.3, 0.4) is 0 Å². The molecular formula is C29H32ClF3N2O. The van der Waals surface area contributed by atoms with Crippen LogP contribution in [0.4, 0.5) is 13.2 Å². The Morgan fingerprint density at radius 1 is 0.944 bits per heavy atom. The van der Waals surface area contributed by atoms with Crippen LogP contribution < -0.4 is 5.32 Å². The Hall–Kier alpha value is -2.38.